The number of anilines is 1. The highest BCUT2D eigenvalue weighted by Crippen LogP contribution is 2.28. The number of aliphatic hydroxyl groups is 1. The topological polar surface area (TPSA) is 66.6 Å². The smallest absolute Gasteiger partial charge is 0.255 e. The van der Waals surface area contributed by atoms with E-state index in [0.29, 0.717) is 23.7 Å². The summed E-state index contributed by atoms with van der Waals surface area (Å²) in [5, 5.41) is 9.21. The van der Waals surface area contributed by atoms with Crippen molar-refractivity contribution in [3.05, 3.63) is 29.8 Å². The maximum absolute atomic E-state index is 12.1. The molecule has 4 heteroatoms. The van der Waals surface area contributed by atoms with Crippen molar-refractivity contribution in [2.45, 2.75) is 18.9 Å². The minimum Gasteiger partial charge on any atom is -0.398 e. The Kier molecular flexibility index (Phi) is 3.33. The van der Waals surface area contributed by atoms with E-state index < -0.39 is 0 Å². The number of amides is 1. The summed E-state index contributed by atoms with van der Waals surface area (Å²) < 4.78 is 0. The summed E-state index contributed by atoms with van der Waals surface area (Å²) in [6, 6.07) is 7.09. The van der Waals surface area contributed by atoms with E-state index in [1.54, 1.807) is 24.1 Å². The second-order valence-electron chi connectivity index (χ2n) is 4.76. The first-order valence-electron chi connectivity index (χ1n) is 5.86. The van der Waals surface area contributed by atoms with Gasteiger partial charge in [-0.05, 0) is 30.9 Å². The summed E-state index contributed by atoms with van der Waals surface area (Å²) in [5.74, 6) is 0.369. The number of nitrogens with zero attached hydrogens (tertiary/aromatic N) is 1. The Hall–Kier alpha value is -1.55. The Morgan fingerprint density at radius 1 is 1.47 bits per heavy atom. The molecule has 1 fully saturated rings. The molecule has 0 atom stereocenters. The molecule has 1 aromatic rings. The summed E-state index contributed by atoms with van der Waals surface area (Å²) in [5.41, 5.74) is 6.83. The van der Waals surface area contributed by atoms with E-state index in [1.165, 1.54) is 0 Å². The fourth-order valence-corrected chi connectivity index (χ4v) is 2.22. The number of aliphatic hydroxyl groups excluding tert-OH is 1. The van der Waals surface area contributed by atoms with Crippen LogP contribution in [-0.4, -0.2) is 35.6 Å². The summed E-state index contributed by atoms with van der Waals surface area (Å²) in [6.07, 6.45) is 1.41. The number of para-hydroxylation sites is 1. The Morgan fingerprint density at radius 3 is 2.71 bits per heavy atom. The first-order valence-corrected chi connectivity index (χ1v) is 5.86. The Labute approximate surface area is 101 Å². The quantitative estimate of drug-likeness (QED) is 0.770. The van der Waals surface area contributed by atoms with Crippen molar-refractivity contribution in [3.63, 3.8) is 0 Å². The van der Waals surface area contributed by atoms with Crippen molar-refractivity contribution < 1.29 is 9.90 Å². The zero-order valence-corrected chi connectivity index (χ0v) is 9.97. The molecule has 1 aromatic carbocycles. The SMILES string of the molecule is CN(CC1CC(O)C1)C(=O)c1ccccc1N. The molecule has 0 unspecified atom stereocenters. The number of nitrogen functional groups attached to an aromatic ring is 1. The van der Waals surface area contributed by atoms with Crippen LogP contribution in [0, 0.1) is 5.92 Å². The molecule has 3 N–H and O–H groups in total. The van der Waals surface area contributed by atoms with Gasteiger partial charge in [0.1, 0.15) is 0 Å². The van der Waals surface area contributed by atoms with E-state index in [0.717, 1.165) is 12.8 Å². The van der Waals surface area contributed by atoms with Gasteiger partial charge in [0.2, 0.25) is 0 Å². The normalized spacial score (nSPS) is 22.9. The highest BCUT2D eigenvalue weighted by Gasteiger charge is 2.29. The first kappa shape index (κ1) is 11.9. The fraction of sp³-hybridized carbons (Fsp3) is 0.462. The zero-order chi connectivity index (χ0) is 12.4. The van der Waals surface area contributed by atoms with E-state index in [1.807, 2.05) is 12.1 Å². The molecule has 1 saturated carbocycles. The minimum atomic E-state index is -0.176. The van der Waals surface area contributed by atoms with Gasteiger partial charge in [-0.15, -0.1) is 0 Å². The second kappa shape index (κ2) is 4.75. The molecule has 0 saturated heterocycles. The average molecular weight is 234 g/mol. The molecule has 0 aromatic heterocycles. The predicted molar refractivity (Wildman–Crippen MR) is 66.5 cm³/mol. The Bertz CT molecular complexity index is 414. The van der Waals surface area contributed by atoms with Gasteiger partial charge < -0.3 is 15.7 Å². The number of carbonyl (C=O) groups is 1. The van der Waals surface area contributed by atoms with Crippen LogP contribution in [0.4, 0.5) is 5.69 Å². The molecule has 0 aliphatic heterocycles. The standard InChI is InChI=1S/C13H18N2O2/c1-15(8-9-6-10(16)7-9)13(17)11-4-2-3-5-12(11)14/h2-5,9-10,16H,6-8,14H2,1H3. The van der Waals surface area contributed by atoms with E-state index in [9.17, 15) is 9.90 Å². The van der Waals surface area contributed by atoms with Crippen LogP contribution in [0.1, 0.15) is 23.2 Å². The van der Waals surface area contributed by atoms with Gasteiger partial charge in [-0.2, -0.15) is 0 Å². The van der Waals surface area contributed by atoms with Crippen LogP contribution in [0.25, 0.3) is 0 Å². The van der Waals surface area contributed by atoms with Crippen molar-refractivity contribution in [2.75, 3.05) is 19.3 Å². The van der Waals surface area contributed by atoms with Gasteiger partial charge in [0.25, 0.3) is 5.91 Å². The number of nitrogens with two attached hydrogens (primary N) is 1. The van der Waals surface area contributed by atoms with Gasteiger partial charge in [-0.25, -0.2) is 0 Å². The third kappa shape index (κ3) is 2.58. The monoisotopic (exact) mass is 234 g/mol. The van der Waals surface area contributed by atoms with Crippen molar-refractivity contribution in [1.82, 2.24) is 4.90 Å². The van der Waals surface area contributed by atoms with Crippen molar-refractivity contribution in [1.29, 1.82) is 0 Å². The molecular formula is C13H18N2O2. The molecule has 0 spiro atoms. The van der Waals surface area contributed by atoms with Crippen molar-refractivity contribution in [2.24, 2.45) is 5.92 Å². The second-order valence-corrected chi connectivity index (χ2v) is 4.76. The van der Waals surface area contributed by atoms with E-state index >= 15 is 0 Å². The van der Waals surface area contributed by atoms with Gasteiger partial charge in [0.15, 0.2) is 0 Å². The number of hydrogen-bond acceptors (Lipinski definition) is 3. The number of carbonyl (C=O) groups excluding carboxylic acids is 1. The minimum absolute atomic E-state index is 0.0514. The molecule has 1 aliphatic carbocycles. The van der Waals surface area contributed by atoms with Crippen LogP contribution in [0.5, 0.6) is 0 Å². The average Bonchev–Trinajstić information content (AvgIpc) is 2.26. The van der Waals surface area contributed by atoms with Gasteiger partial charge in [0, 0.05) is 19.3 Å². The van der Waals surface area contributed by atoms with Gasteiger partial charge in [0.05, 0.1) is 11.7 Å². The maximum Gasteiger partial charge on any atom is 0.255 e. The van der Waals surface area contributed by atoms with Gasteiger partial charge >= 0.3 is 0 Å². The molecule has 2 rings (SSSR count). The third-order valence-electron chi connectivity index (χ3n) is 3.28. The molecule has 1 aliphatic rings. The molecule has 17 heavy (non-hydrogen) atoms. The maximum atomic E-state index is 12.1. The van der Waals surface area contributed by atoms with Crippen LogP contribution in [0.3, 0.4) is 0 Å². The van der Waals surface area contributed by atoms with Crippen molar-refractivity contribution >= 4 is 11.6 Å². The first-order chi connectivity index (χ1) is 8.08. The predicted octanol–water partition coefficient (Wildman–Crippen LogP) is 1.11. The summed E-state index contributed by atoms with van der Waals surface area (Å²) in [7, 11) is 1.78. The van der Waals surface area contributed by atoms with Gasteiger partial charge in [-0.1, -0.05) is 12.1 Å². The molecule has 0 bridgehead atoms. The van der Waals surface area contributed by atoms with Crippen LogP contribution in [0.15, 0.2) is 24.3 Å². The number of hydrogen-bond donors (Lipinski definition) is 2. The molecule has 92 valence electrons. The Morgan fingerprint density at radius 2 is 2.12 bits per heavy atom. The van der Waals surface area contributed by atoms with E-state index in [4.69, 9.17) is 5.73 Å². The molecule has 4 nitrogen and oxygen atoms in total. The summed E-state index contributed by atoms with van der Waals surface area (Å²) >= 11 is 0. The van der Waals surface area contributed by atoms with E-state index in [-0.39, 0.29) is 12.0 Å². The molecular weight excluding hydrogens is 216 g/mol. The Balaban J connectivity index is 1.97. The molecule has 0 radical (unpaired) electrons. The highest BCUT2D eigenvalue weighted by atomic mass is 16.3. The van der Waals surface area contributed by atoms with Crippen LogP contribution < -0.4 is 5.73 Å². The lowest BCUT2D eigenvalue weighted by atomic mass is 9.82. The van der Waals surface area contributed by atoms with Crippen LogP contribution in [0.2, 0.25) is 0 Å². The number of rotatable bonds is 3. The van der Waals surface area contributed by atoms with E-state index in [2.05, 4.69) is 0 Å². The highest BCUT2D eigenvalue weighted by molar-refractivity contribution is 5.98. The molecule has 0 heterocycles. The van der Waals surface area contributed by atoms with Crippen LogP contribution >= 0.6 is 0 Å². The fourth-order valence-electron chi connectivity index (χ4n) is 2.22. The summed E-state index contributed by atoms with van der Waals surface area (Å²) in [4.78, 5) is 13.8. The van der Waals surface area contributed by atoms with Gasteiger partial charge in [-0.3, -0.25) is 4.79 Å². The lowest BCUT2D eigenvalue weighted by molar-refractivity contribution is 0.0265. The largest absolute Gasteiger partial charge is 0.398 e. The molecule has 1 amide bonds. The van der Waals surface area contributed by atoms with Crippen LogP contribution in [-0.2, 0) is 0 Å². The third-order valence-corrected chi connectivity index (χ3v) is 3.28. The number of benzene rings is 1. The lowest BCUT2D eigenvalue weighted by Gasteiger charge is -2.34. The lowest BCUT2D eigenvalue weighted by Crippen LogP contribution is -2.39. The van der Waals surface area contributed by atoms with Crippen molar-refractivity contribution in [3.8, 4) is 0 Å². The zero-order valence-electron chi connectivity index (χ0n) is 9.97. The summed E-state index contributed by atoms with van der Waals surface area (Å²) in [6.45, 7) is 0.685.